The van der Waals surface area contributed by atoms with Crippen molar-refractivity contribution in [2.75, 3.05) is 0 Å². The van der Waals surface area contributed by atoms with E-state index in [1.165, 1.54) is 0 Å². The van der Waals surface area contributed by atoms with Gasteiger partial charge in [-0.25, -0.2) is 0 Å². The molecule has 0 spiro atoms. The summed E-state index contributed by atoms with van der Waals surface area (Å²) in [6.45, 7) is 20.3. The van der Waals surface area contributed by atoms with E-state index in [2.05, 4.69) is 33.0 Å². The molecule has 0 aliphatic heterocycles. The minimum absolute atomic E-state index is 0.0895. The van der Waals surface area contributed by atoms with Crippen LogP contribution in [-0.2, 0) is 4.79 Å². The molecule has 0 bridgehead atoms. The second kappa shape index (κ2) is 8.02. The number of nitrogens with one attached hydrogen (secondary N) is 1. The Kier molecular flexibility index (Phi) is 8.71. The summed E-state index contributed by atoms with van der Waals surface area (Å²) < 4.78 is 0. The van der Waals surface area contributed by atoms with Crippen LogP contribution in [0.15, 0.2) is 0 Å². The van der Waals surface area contributed by atoms with E-state index >= 15 is 0 Å². The van der Waals surface area contributed by atoms with Crippen molar-refractivity contribution in [2.45, 2.75) is 93.2 Å². The summed E-state index contributed by atoms with van der Waals surface area (Å²) in [6, 6.07) is 0. The Balaban J connectivity index is 0. The highest BCUT2D eigenvalue weighted by Gasteiger charge is 2.35. The predicted molar refractivity (Wildman–Crippen MR) is 89.7 cm³/mol. The number of amides is 1. The molecule has 20 heavy (non-hydrogen) atoms. The van der Waals surface area contributed by atoms with Crippen LogP contribution in [0.3, 0.4) is 0 Å². The van der Waals surface area contributed by atoms with E-state index in [0.717, 1.165) is 6.42 Å². The molecular formula is C17H38N2O. The zero-order valence-corrected chi connectivity index (χ0v) is 15.5. The van der Waals surface area contributed by atoms with Gasteiger partial charge in [-0.1, -0.05) is 41.5 Å². The topological polar surface area (TPSA) is 55.1 Å². The largest absolute Gasteiger partial charge is 0.351 e. The minimum atomic E-state index is -0.438. The first-order valence-corrected chi connectivity index (χ1v) is 7.87. The van der Waals surface area contributed by atoms with Crippen molar-refractivity contribution in [3.05, 3.63) is 0 Å². The van der Waals surface area contributed by atoms with Crippen molar-refractivity contribution < 1.29 is 4.79 Å². The van der Waals surface area contributed by atoms with E-state index < -0.39 is 5.41 Å². The molecular weight excluding hydrogens is 248 g/mol. The molecule has 0 saturated heterocycles. The Morgan fingerprint density at radius 3 is 1.75 bits per heavy atom. The van der Waals surface area contributed by atoms with Crippen LogP contribution in [0.4, 0.5) is 0 Å². The second-order valence-corrected chi connectivity index (χ2v) is 7.99. The van der Waals surface area contributed by atoms with Crippen molar-refractivity contribution in [2.24, 2.45) is 17.1 Å². The molecule has 0 unspecified atom stereocenters. The summed E-state index contributed by atoms with van der Waals surface area (Å²) in [5.74, 6) is 0.654. The van der Waals surface area contributed by atoms with Crippen LogP contribution < -0.4 is 11.1 Å². The molecule has 0 atom stereocenters. The lowest BCUT2D eigenvalue weighted by Crippen LogP contribution is -2.52. The van der Waals surface area contributed by atoms with Gasteiger partial charge in [0.2, 0.25) is 5.91 Å². The van der Waals surface area contributed by atoms with Gasteiger partial charge in [0.1, 0.15) is 0 Å². The number of rotatable bonds is 6. The number of carbonyl (C=O) groups is 1. The summed E-state index contributed by atoms with van der Waals surface area (Å²) >= 11 is 0. The average molecular weight is 287 g/mol. The van der Waals surface area contributed by atoms with Crippen LogP contribution in [0.5, 0.6) is 0 Å². The fourth-order valence-corrected chi connectivity index (χ4v) is 2.77. The second-order valence-electron chi connectivity index (χ2n) is 7.99. The summed E-state index contributed by atoms with van der Waals surface area (Å²) in [6.07, 6.45) is 1.64. The maximum atomic E-state index is 12.4. The zero-order valence-electron chi connectivity index (χ0n) is 15.5. The van der Waals surface area contributed by atoms with Gasteiger partial charge in [-0.3, -0.25) is 4.79 Å². The molecule has 0 aliphatic rings. The lowest BCUT2D eigenvalue weighted by Gasteiger charge is -2.36. The van der Waals surface area contributed by atoms with E-state index in [-0.39, 0.29) is 17.0 Å². The normalized spacial score (nSPS) is 12.8. The van der Waals surface area contributed by atoms with E-state index in [1.807, 2.05) is 41.5 Å². The van der Waals surface area contributed by atoms with E-state index in [4.69, 9.17) is 5.73 Å². The molecule has 0 fully saturated rings. The summed E-state index contributed by atoms with van der Waals surface area (Å²) in [4.78, 5) is 12.4. The number of hydrogen-bond donors (Lipinski definition) is 2. The third-order valence-corrected chi connectivity index (χ3v) is 2.88. The van der Waals surface area contributed by atoms with Crippen LogP contribution in [-0.4, -0.2) is 17.0 Å². The molecule has 3 nitrogen and oxygen atoms in total. The van der Waals surface area contributed by atoms with Crippen LogP contribution in [0, 0.1) is 11.3 Å². The molecule has 1 amide bonds. The van der Waals surface area contributed by atoms with Gasteiger partial charge in [-0.05, 0) is 46.5 Å². The minimum Gasteiger partial charge on any atom is -0.351 e. The monoisotopic (exact) mass is 286 g/mol. The quantitative estimate of drug-likeness (QED) is 0.772. The van der Waals surface area contributed by atoms with E-state index in [0.29, 0.717) is 12.3 Å². The third kappa shape index (κ3) is 10.2. The van der Waals surface area contributed by atoms with Gasteiger partial charge in [0, 0.05) is 16.5 Å². The summed E-state index contributed by atoms with van der Waals surface area (Å²) in [5, 5.41) is 3.16. The van der Waals surface area contributed by atoms with Crippen LogP contribution in [0.1, 0.15) is 82.1 Å². The van der Waals surface area contributed by atoms with Gasteiger partial charge in [-0.15, -0.1) is 0 Å². The van der Waals surface area contributed by atoms with Gasteiger partial charge in [0.15, 0.2) is 0 Å². The maximum absolute atomic E-state index is 12.4. The van der Waals surface area contributed by atoms with Crippen LogP contribution in [0.2, 0.25) is 0 Å². The van der Waals surface area contributed by atoms with E-state index in [9.17, 15) is 4.79 Å². The highest BCUT2D eigenvalue weighted by molar-refractivity contribution is 5.82. The molecule has 0 heterocycles. The fourth-order valence-electron chi connectivity index (χ4n) is 2.77. The van der Waals surface area contributed by atoms with Crippen molar-refractivity contribution in [3.63, 3.8) is 0 Å². The lowest BCUT2D eigenvalue weighted by molar-refractivity contribution is -0.132. The SMILES string of the molecule is CC.CC(C)CC(C)(C)NC(=O)C(C)(C)CC(C)(C)N. The molecule has 0 aromatic rings. The van der Waals surface area contributed by atoms with Gasteiger partial charge in [0.05, 0.1) is 0 Å². The molecule has 0 aromatic heterocycles. The molecule has 0 rings (SSSR count). The number of carbonyl (C=O) groups excluding carboxylic acids is 1. The Hall–Kier alpha value is -0.570. The molecule has 3 heteroatoms. The standard InChI is InChI=1S/C15H32N2O.C2H6/c1-11(2)9-15(7,8)17-12(18)13(3,4)10-14(5,6)16;1-2/h11H,9-10,16H2,1-8H3,(H,17,18);1-2H3. The lowest BCUT2D eigenvalue weighted by atomic mass is 9.79. The fraction of sp³-hybridized carbons (Fsp3) is 0.941. The first-order valence-electron chi connectivity index (χ1n) is 7.87. The molecule has 0 saturated carbocycles. The highest BCUT2D eigenvalue weighted by atomic mass is 16.2. The third-order valence-electron chi connectivity index (χ3n) is 2.88. The highest BCUT2D eigenvalue weighted by Crippen LogP contribution is 2.28. The molecule has 0 radical (unpaired) electrons. The number of nitrogens with two attached hydrogens (primary N) is 1. The molecule has 0 aliphatic carbocycles. The van der Waals surface area contributed by atoms with Crippen molar-refractivity contribution in [3.8, 4) is 0 Å². The van der Waals surface area contributed by atoms with Gasteiger partial charge in [-0.2, -0.15) is 0 Å². The van der Waals surface area contributed by atoms with Crippen molar-refractivity contribution >= 4 is 5.91 Å². The molecule has 122 valence electrons. The van der Waals surface area contributed by atoms with Crippen molar-refractivity contribution in [1.82, 2.24) is 5.32 Å². The zero-order chi connectivity index (χ0) is 16.8. The first-order chi connectivity index (χ1) is 8.75. The first kappa shape index (κ1) is 21.7. The summed E-state index contributed by atoms with van der Waals surface area (Å²) in [5.41, 5.74) is 5.09. The van der Waals surface area contributed by atoms with E-state index in [1.54, 1.807) is 0 Å². The Morgan fingerprint density at radius 1 is 1.05 bits per heavy atom. The molecule has 0 aromatic carbocycles. The van der Waals surface area contributed by atoms with Gasteiger partial charge >= 0.3 is 0 Å². The van der Waals surface area contributed by atoms with Gasteiger partial charge in [0.25, 0.3) is 0 Å². The Morgan fingerprint density at radius 2 is 1.45 bits per heavy atom. The van der Waals surface area contributed by atoms with Crippen LogP contribution in [0.25, 0.3) is 0 Å². The predicted octanol–water partition coefficient (Wildman–Crippen LogP) is 4.11. The van der Waals surface area contributed by atoms with Crippen LogP contribution >= 0.6 is 0 Å². The van der Waals surface area contributed by atoms with Gasteiger partial charge < -0.3 is 11.1 Å². The maximum Gasteiger partial charge on any atom is 0.226 e. The number of hydrogen-bond acceptors (Lipinski definition) is 2. The molecule has 3 N–H and O–H groups in total. The Bertz CT molecular complexity index is 286. The summed E-state index contributed by atoms with van der Waals surface area (Å²) in [7, 11) is 0. The van der Waals surface area contributed by atoms with Crippen molar-refractivity contribution in [1.29, 1.82) is 0 Å². The average Bonchev–Trinajstić information content (AvgIpc) is 2.13. The smallest absolute Gasteiger partial charge is 0.226 e. The Labute approximate surface area is 127 Å².